The highest BCUT2D eigenvalue weighted by Gasteiger charge is 2.12. The third-order valence-electron chi connectivity index (χ3n) is 2.88. The molecule has 5 nitrogen and oxygen atoms in total. The third kappa shape index (κ3) is 4.72. The lowest BCUT2D eigenvalue weighted by Gasteiger charge is -2.11. The van der Waals surface area contributed by atoms with E-state index < -0.39 is 11.8 Å². The van der Waals surface area contributed by atoms with Crippen LogP contribution >= 0.6 is 11.6 Å². The summed E-state index contributed by atoms with van der Waals surface area (Å²) in [7, 11) is 0. The first-order chi connectivity index (χ1) is 11.0. The Morgan fingerprint density at radius 2 is 1.70 bits per heavy atom. The van der Waals surface area contributed by atoms with Gasteiger partial charge in [0.05, 0.1) is 16.7 Å². The Morgan fingerprint density at radius 1 is 1.00 bits per heavy atom. The molecule has 0 unspecified atom stereocenters. The van der Waals surface area contributed by atoms with Gasteiger partial charge in [-0.1, -0.05) is 29.8 Å². The van der Waals surface area contributed by atoms with Gasteiger partial charge in [0, 0.05) is 5.56 Å². The molecule has 120 valence electrons. The van der Waals surface area contributed by atoms with Crippen molar-refractivity contribution >= 4 is 23.4 Å². The van der Waals surface area contributed by atoms with Gasteiger partial charge in [0.25, 0.3) is 11.8 Å². The molecule has 0 aliphatic heterocycles. The lowest BCUT2D eigenvalue weighted by atomic mass is 10.2. The van der Waals surface area contributed by atoms with Crippen molar-refractivity contribution in [1.29, 1.82) is 0 Å². The van der Waals surface area contributed by atoms with Crippen LogP contribution in [0.5, 0.6) is 5.75 Å². The predicted molar refractivity (Wildman–Crippen MR) is 88.6 cm³/mol. The molecule has 0 fully saturated rings. The minimum Gasteiger partial charge on any atom is -0.491 e. The second kappa shape index (κ2) is 7.65. The average molecular weight is 333 g/mol. The smallest absolute Gasteiger partial charge is 0.271 e. The van der Waals surface area contributed by atoms with Gasteiger partial charge in [0.15, 0.2) is 0 Å². The number of hydrogen-bond acceptors (Lipinski definition) is 3. The minimum atomic E-state index is -0.487. The van der Waals surface area contributed by atoms with Crippen molar-refractivity contribution in [2.45, 2.75) is 20.0 Å². The number of carbonyl (C=O) groups is 2. The summed E-state index contributed by atoms with van der Waals surface area (Å²) in [5.74, 6) is -0.344. The molecule has 2 rings (SSSR count). The van der Waals surface area contributed by atoms with Gasteiger partial charge in [0.2, 0.25) is 0 Å². The number of ether oxygens (including phenoxy) is 1. The Morgan fingerprint density at radius 3 is 2.39 bits per heavy atom. The summed E-state index contributed by atoms with van der Waals surface area (Å²) in [6.45, 7) is 3.80. The SMILES string of the molecule is CC(C)Oc1cccc(C(=O)NNC(=O)c2ccccc2Cl)c1. The monoisotopic (exact) mass is 332 g/mol. The maximum atomic E-state index is 12.1. The number of nitrogens with one attached hydrogen (secondary N) is 2. The van der Waals surface area contributed by atoms with E-state index in [0.717, 1.165) is 0 Å². The molecule has 0 aliphatic rings. The van der Waals surface area contributed by atoms with Gasteiger partial charge >= 0.3 is 0 Å². The molecule has 0 bridgehead atoms. The predicted octanol–water partition coefficient (Wildman–Crippen LogP) is 3.20. The van der Waals surface area contributed by atoms with Crippen LogP contribution in [0.1, 0.15) is 34.6 Å². The van der Waals surface area contributed by atoms with E-state index in [2.05, 4.69) is 10.9 Å². The molecule has 0 saturated heterocycles. The van der Waals surface area contributed by atoms with Gasteiger partial charge in [-0.15, -0.1) is 0 Å². The van der Waals surface area contributed by atoms with Gasteiger partial charge < -0.3 is 4.74 Å². The summed E-state index contributed by atoms with van der Waals surface area (Å²) in [4.78, 5) is 24.1. The maximum Gasteiger partial charge on any atom is 0.271 e. The van der Waals surface area contributed by atoms with E-state index in [1.165, 1.54) is 0 Å². The second-order valence-electron chi connectivity index (χ2n) is 5.08. The molecule has 0 spiro atoms. The van der Waals surface area contributed by atoms with Crippen LogP contribution in [0, 0.1) is 0 Å². The second-order valence-corrected chi connectivity index (χ2v) is 5.49. The normalized spacial score (nSPS) is 10.3. The highest BCUT2D eigenvalue weighted by atomic mass is 35.5. The van der Waals surface area contributed by atoms with Crippen molar-refractivity contribution in [3.8, 4) is 5.75 Å². The van der Waals surface area contributed by atoms with Crippen LogP contribution in [0.25, 0.3) is 0 Å². The van der Waals surface area contributed by atoms with Crippen LogP contribution in [0.2, 0.25) is 5.02 Å². The summed E-state index contributed by atoms with van der Waals surface area (Å²) in [6, 6.07) is 13.3. The molecule has 0 heterocycles. The van der Waals surface area contributed by atoms with Crippen LogP contribution in [-0.2, 0) is 0 Å². The number of halogens is 1. The largest absolute Gasteiger partial charge is 0.491 e. The molecule has 0 aromatic heterocycles. The van der Waals surface area contributed by atoms with Crippen molar-refractivity contribution in [3.05, 3.63) is 64.7 Å². The Hall–Kier alpha value is -2.53. The Kier molecular flexibility index (Phi) is 5.60. The highest BCUT2D eigenvalue weighted by Crippen LogP contribution is 2.15. The molecule has 2 amide bonds. The highest BCUT2D eigenvalue weighted by molar-refractivity contribution is 6.33. The van der Waals surface area contributed by atoms with Crippen molar-refractivity contribution < 1.29 is 14.3 Å². The van der Waals surface area contributed by atoms with Crippen molar-refractivity contribution in [2.75, 3.05) is 0 Å². The van der Waals surface area contributed by atoms with Gasteiger partial charge in [0.1, 0.15) is 5.75 Å². The molecule has 6 heteroatoms. The number of benzene rings is 2. The number of carbonyl (C=O) groups excluding carboxylic acids is 2. The van der Waals surface area contributed by atoms with Gasteiger partial charge in [-0.2, -0.15) is 0 Å². The summed E-state index contributed by atoms with van der Waals surface area (Å²) in [5.41, 5.74) is 5.35. The standard InChI is InChI=1S/C17H17ClN2O3/c1-11(2)23-13-7-5-6-12(10-13)16(21)19-20-17(22)14-8-3-4-9-15(14)18/h3-11H,1-2H3,(H,19,21)(H,20,22). The van der Waals surface area contributed by atoms with E-state index in [0.29, 0.717) is 16.3 Å². The summed E-state index contributed by atoms with van der Waals surface area (Å²) >= 11 is 5.93. The molecule has 2 N–H and O–H groups in total. The van der Waals surface area contributed by atoms with Gasteiger partial charge in [-0.05, 0) is 44.2 Å². The average Bonchev–Trinajstić information content (AvgIpc) is 2.52. The van der Waals surface area contributed by atoms with Crippen molar-refractivity contribution in [2.24, 2.45) is 0 Å². The Labute approximate surface area is 139 Å². The molecule has 0 atom stereocenters. The van der Waals surface area contributed by atoms with Crippen LogP contribution in [0.15, 0.2) is 48.5 Å². The van der Waals surface area contributed by atoms with E-state index in [9.17, 15) is 9.59 Å². The van der Waals surface area contributed by atoms with Crippen LogP contribution < -0.4 is 15.6 Å². The molecular weight excluding hydrogens is 316 g/mol. The van der Waals surface area contributed by atoms with Crippen LogP contribution in [-0.4, -0.2) is 17.9 Å². The van der Waals surface area contributed by atoms with E-state index in [-0.39, 0.29) is 11.7 Å². The molecule has 0 radical (unpaired) electrons. The number of rotatable bonds is 4. The fourth-order valence-corrected chi connectivity index (χ4v) is 2.10. The lowest BCUT2D eigenvalue weighted by Crippen LogP contribution is -2.41. The summed E-state index contributed by atoms with van der Waals surface area (Å²) < 4.78 is 5.53. The third-order valence-corrected chi connectivity index (χ3v) is 3.21. The Bertz CT molecular complexity index is 716. The lowest BCUT2D eigenvalue weighted by molar-refractivity contribution is 0.0846. The zero-order chi connectivity index (χ0) is 16.8. The molecular formula is C17H17ClN2O3. The van der Waals surface area contributed by atoms with Gasteiger partial charge in [-0.3, -0.25) is 20.4 Å². The van der Waals surface area contributed by atoms with Crippen molar-refractivity contribution in [3.63, 3.8) is 0 Å². The van der Waals surface area contributed by atoms with Crippen molar-refractivity contribution in [1.82, 2.24) is 10.9 Å². The molecule has 0 saturated carbocycles. The molecule has 2 aromatic carbocycles. The molecule has 0 aliphatic carbocycles. The first kappa shape index (κ1) is 16.8. The summed E-state index contributed by atoms with van der Waals surface area (Å²) in [5, 5.41) is 0.312. The fraction of sp³-hybridized carbons (Fsp3) is 0.176. The number of hydrogen-bond donors (Lipinski definition) is 2. The first-order valence-corrected chi connectivity index (χ1v) is 7.47. The van der Waals surface area contributed by atoms with E-state index in [1.807, 2.05) is 13.8 Å². The molecule has 2 aromatic rings. The minimum absolute atomic E-state index is 0.00763. The van der Waals surface area contributed by atoms with Gasteiger partial charge in [-0.25, -0.2) is 0 Å². The van der Waals surface area contributed by atoms with Crippen LogP contribution in [0.3, 0.4) is 0 Å². The number of hydrazine groups is 1. The van der Waals surface area contributed by atoms with Crippen LogP contribution in [0.4, 0.5) is 0 Å². The number of amides is 2. The van der Waals surface area contributed by atoms with E-state index >= 15 is 0 Å². The summed E-state index contributed by atoms with van der Waals surface area (Å²) in [6.07, 6.45) is 0.00763. The quantitative estimate of drug-likeness (QED) is 0.845. The molecule has 23 heavy (non-hydrogen) atoms. The zero-order valence-electron chi connectivity index (χ0n) is 12.8. The zero-order valence-corrected chi connectivity index (χ0v) is 13.6. The first-order valence-electron chi connectivity index (χ1n) is 7.09. The van der Waals surface area contributed by atoms with E-state index in [1.54, 1.807) is 48.5 Å². The maximum absolute atomic E-state index is 12.1. The Balaban J connectivity index is 2.00. The fourth-order valence-electron chi connectivity index (χ4n) is 1.88. The van der Waals surface area contributed by atoms with E-state index in [4.69, 9.17) is 16.3 Å². The topological polar surface area (TPSA) is 67.4 Å².